The van der Waals surface area contributed by atoms with Crippen LogP contribution in [0.25, 0.3) is 21.9 Å². The van der Waals surface area contributed by atoms with Crippen molar-refractivity contribution in [2.24, 2.45) is 0 Å². The third-order valence-corrected chi connectivity index (χ3v) is 3.74. The van der Waals surface area contributed by atoms with Crippen molar-refractivity contribution in [3.8, 4) is 23.0 Å². The first kappa shape index (κ1) is 19.0. The number of hydrogen-bond acceptors (Lipinski definition) is 5. The maximum Gasteiger partial charge on any atom is 0.272 e. The maximum atomic E-state index is 12.6. The normalized spacial score (nSPS) is 11.0. The third kappa shape index (κ3) is 4.15. The molecule has 0 unspecified atom stereocenters. The van der Waals surface area contributed by atoms with E-state index in [0.29, 0.717) is 28.6 Å². The molecule has 1 amide bonds. The van der Waals surface area contributed by atoms with Crippen molar-refractivity contribution in [3.63, 3.8) is 0 Å². The Balaban J connectivity index is 2.09. The van der Waals surface area contributed by atoms with Crippen LogP contribution in [0.4, 0.5) is 5.69 Å². The maximum absolute atomic E-state index is 12.6. The smallest absolute Gasteiger partial charge is 0.272 e. The first-order chi connectivity index (χ1) is 13.3. The second-order valence-corrected chi connectivity index (χ2v) is 7.10. The first-order valence-corrected chi connectivity index (χ1v) is 8.57. The molecule has 3 rings (SSSR count). The molecule has 0 aliphatic carbocycles. The number of rotatable bonds is 4. The zero-order chi connectivity index (χ0) is 20.3. The highest BCUT2D eigenvalue weighted by Crippen LogP contribution is 2.25. The van der Waals surface area contributed by atoms with Crippen LogP contribution in [0.1, 0.15) is 31.3 Å². The Morgan fingerprint density at radius 1 is 1.18 bits per heavy atom. The lowest BCUT2D eigenvalue weighted by Crippen LogP contribution is -2.40. The van der Waals surface area contributed by atoms with Crippen LogP contribution in [0.2, 0.25) is 0 Å². The van der Waals surface area contributed by atoms with Crippen molar-refractivity contribution in [2.75, 3.05) is 7.11 Å². The molecule has 3 aromatic heterocycles. The quantitative estimate of drug-likeness (QED) is 0.705. The molecule has 0 atom stereocenters. The Labute approximate surface area is 163 Å². The van der Waals surface area contributed by atoms with Crippen molar-refractivity contribution < 1.29 is 9.53 Å². The number of pyridine rings is 2. The molecule has 0 spiro atoms. The molecule has 3 heterocycles. The monoisotopic (exact) mass is 376 g/mol. The lowest BCUT2D eigenvalue weighted by molar-refractivity contribution is 0.0914. The average Bonchev–Trinajstić information content (AvgIpc) is 3.12. The number of carbonyl (C=O) groups is 1. The van der Waals surface area contributed by atoms with Crippen LogP contribution in [-0.2, 0) is 0 Å². The molecule has 0 bridgehead atoms. The predicted molar refractivity (Wildman–Crippen MR) is 105 cm³/mol. The molecule has 0 fully saturated rings. The van der Waals surface area contributed by atoms with Crippen LogP contribution in [0.5, 0.6) is 5.88 Å². The zero-order valence-corrected chi connectivity index (χ0v) is 16.1. The summed E-state index contributed by atoms with van der Waals surface area (Å²) in [6, 6.07) is 8.58. The van der Waals surface area contributed by atoms with E-state index in [2.05, 4.69) is 25.2 Å². The van der Waals surface area contributed by atoms with Gasteiger partial charge in [-0.1, -0.05) is 6.07 Å². The largest absolute Gasteiger partial charge is 0.481 e. The lowest BCUT2D eigenvalue weighted by atomic mass is 10.1. The molecule has 0 aliphatic rings. The fraction of sp³-hybridized carbons (Fsp3) is 0.250. The van der Waals surface area contributed by atoms with Crippen LogP contribution < -0.4 is 10.1 Å². The van der Waals surface area contributed by atoms with E-state index < -0.39 is 5.54 Å². The molecule has 1 N–H and O–H groups in total. The number of nitrogens with zero attached hydrogens (tertiary/aromatic N) is 5. The van der Waals surface area contributed by atoms with Crippen LogP contribution in [0, 0.1) is 6.57 Å². The van der Waals surface area contributed by atoms with Gasteiger partial charge >= 0.3 is 0 Å². The molecule has 0 aromatic carbocycles. The predicted octanol–water partition coefficient (Wildman–Crippen LogP) is 3.42. The van der Waals surface area contributed by atoms with Crippen LogP contribution in [0.3, 0.4) is 0 Å². The summed E-state index contributed by atoms with van der Waals surface area (Å²) < 4.78 is 6.70. The molecule has 0 saturated carbocycles. The molecule has 3 aromatic rings. The van der Waals surface area contributed by atoms with Gasteiger partial charge in [0.1, 0.15) is 0 Å². The van der Waals surface area contributed by atoms with E-state index in [1.54, 1.807) is 48.3 Å². The van der Waals surface area contributed by atoms with Crippen molar-refractivity contribution in [1.82, 2.24) is 25.1 Å². The zero-order valence-electron chi connectivity index (χ0n) is 16.1. The van der Waals surface area contributed by atoms with Crippen molar-refractivity contribution in [1.29, 1.82) is 0 Å². The van der Waals surface area contributed by atoms with Gasteiger partial charge in [-0.15, -0.1) is 0 Å². The van der Waals surface area contributed by atoms with Crippen molar-refractivity contribution in [3.05, 3.63) is 59.8 Å². The van der Waals surface area contributed by atoms with E-state index in [1.165, 1.54) is 6.20 Å². The Morgan fingerprint density at radius 2 is 1.96 bits per heavy atom. The molecule has 142 valence electrons. The summed E-state index contributed by atoms with van der Waals surface area (Å²) in [6.45, 7) is 12.8. The Bertz CT molecular complexity index is 1020. The van der Waals surface area contributed by atoms with Crippen LogP contribution >= 0.6 is 0 Å². The Hall–Kier alpha value is -3.73. The third-order valence-electron chi connectivity index (χ3n) is 3.74. The van der Waals surface area contributed by atoms with E-state index in [4.69, 9.17) is 11.3 Å². The van der Waals surface area contributed by atoms with Gasteiger partial charge in [0.05, 0.1) is 37.0 Å². The van der Waals surface area contributed by atoms with E-state index in [9.17, 15) is 4.79 Å². The summed E-state index contributed by atoms with van der Waals surface area (Å²) in [4.78, 5) is 24.5. The number of nitrogens with one attached hydrogen (secondary N) is 1. The van der Waals surface area contributed by atoms with Crippen LogP contribution in [-0.4, -0.2) is 38.3 Å². The number of aromatic nitrogens is 4. The minimum absolute atomic E-state index is 0.261. The highest BCUT2D eigenvalue weighted by atomic mass is 16.5. The molecule has 8 nitrogen and oxygen atoms in total. The Morgan fingerprint density at radius 3 is 2.50 bits per heavy atom. The van der Waals surface area contributed by atoms with Gasteiger partial charge in [-0.2, -0.15) is 5.10 Å². The SMILES string of the molecule is [C-]#[N+]c1ccc(-c2cc(C(=O)NC(C)(C)C)nn2-c2ccc(OC)nc2)nc1. The molecule has 0 saturated heterocycles. The van der Waals surface area contributed by atoms with E-state index in [-0.39, 0.29) is 11.6 Å². The van der Waals surface area contributed by atoms with Gasteiger partial charge in [0.2, 0.25) is 11.6 Å². The van der Waals surface area contributed by atoms with E-state index in [1.807, 2.05) is 20.8 Å². The standard InChI is InChI=1S/C20H20N6O2/c1-20(2,3)24-19(27)16-10-17(15-8-6-13(21-4)11-22-15)26(25-16)14-7-9-18(28-5)23-12-14/h6-12H,1-3,5H3,(H,24,27). The van der Waals surface area contributed by atoms with Gasteiger partial charge in [0.15, 0.2) is 5.69 Å². The second-order valence-electron chi connectivity index (χ2n) is 7.10. The van der Waals surface area contributed by atoms with E-state index >= 15 is 0 Å². The summed E-state index contributed by atoms with van der Waals surface area (Å²) in [5.41, 5.74) is 2.16. The Kier molecular flexibility index (Phi) is 5.09. The summed E-state index contributed by atoms with van der Waals surface area (Å²) in [6.07, 6.45) is 3.09. The number of amides is 1. The van der Waals surface area contributed by atoms with Gasteiger partial charge < -0.3 is 10.1 Å². The first-order valence-electron chi connectivity index (χ1n) is 8.57. The number of ether oxygens (including phenoxy) is 1. The van der Waals surface area contributed by atoms with E-state index in [0.717, 1.165) is 0 Å². The van der Waals surface area contributed by atoms with Gasteiger partial charge in [-0.05, 0) is 39.0 Å². The number of carbonyl (C=O) groups excluding carboxylic acids is 1. The van der Waals surface area contributed by atoms with Crippen molar-refractivity contribution in [2.45, 2.75) is 26.3 Å². The fourth-order valence-electron chi connectivity index (χ4n) is 2.50. The van der Waals surface area contributed by atoms with Crippen molar-refractivity contribution >= 4 is 11.6 Å². The highest BCUT2D eigenvalue weighted by molar-refractivity contribution is 5.94. The van der Waals surface area contributed by atoms with Gasteiger partial charge in [-0.25, -0.2) is 14.5 Å². The molecule has 28 heavy (non-hydrogen) atoms. The molecule has 0 aliphatic heterocycles. The minimum Gasteiger partial charge on any atom is -0.481 e. The molecular weight excluding hydrogens is 356 g/mol. The summed E-state index contributed by atoms with van der Waals surface area (Å²) in [5, 5.41) is 7.37. The number of hydrogen-bond donors (Lipinski definition) is 1. The fourth-order valence-corrected chi connectivity index (χ4v) is 2.50. The number of methoxy groups -OCH3 is 1. The van der Waals surface area contributed by atoms with Crippen LogP contribution in [0.15, 0.2) is 42.7 Å². The highest BCUT2D eigenvalue weighted by Gasteiger charge is 2.21. The average molecular weight is 376 g/mol. The topological polar surface area (TPSA) is 86.3 Å². The molecular formula is C20H20N6O2. The molecule has 0 radical (unpaired) electrons. The minimum atomic E-state index is -0.391. The summed E-state index contributed by atoms with van der Waals surface area (Å²) in [5.74, 6) is 0.189. The summed E-state index contributed by atoms with van der Waals surface area (Å²) in [7, 11) is 1.54. The van der Waals surface area contributed by atoms with Gasteiger partial charge in [0, 0.05) is 17.8 Å². The lowest BCUT2D eigenvalue weighted by Gasteiger charge is -2.19. The van der Waals surface area contributed by atoms with Gasteiger partial charge in [-0.3, -0.25) is 9.78 Å². The van der Waals surface area contributed by atoms with Gasteiger partial charge in [0.25, 0.3) is 5.91 Å². The second kappa shape index (κ2) is 7.48. The summed E-state index contributed by atoms with van der Waals surface area (Å²) >= 11 is 0. The molecule has 8 heteroatoms.